The van der Waals surface area contributed by atoms with Crippen LogP contribution in [-0.4, -0.2) is 46.9 Å². The minimum Gasteiger partial charge on any atom is -0.339 e. The van der Waals surface area contributed by atoms with Crippen LogP contribution in [0, 0.1) is 0 Å². The summed E-state index contributed by atoms with van der Waals surface area (Å²) in [5.41, 5.74) is 2.01. The maximum atomic E-state index is 13.5. The van der Waals surface area contributed by atoms with Crippen LogP contribution in [0.15, 0.2) is 48.8 Å². The number of hydrogen-bond donors (Lipinski definition) is 0. The summed E-state index contributed by atoms with van der Waals surface area (Å²) in [4.78, 5) is 22.2. The molecule has 5 heteroatoms. The van der Waals surface area contributed by atoms with Crippen molar-refractivity contribution in [2.75, 3.05) is 26.2 Å². The van der Waals surface area contributed by atoms with E-state index in [9.17, 15) is 4.79 Å². The Kier molecular flexibility index (Phi) is 5.46. The maximum Gasteiger partial charge on any atom is 0.233 e. The molecule has 0 N–H and O–H groups in total. The van der Waals surface area contributed by atoms with Crippen molar-refractivity contribution in [1.82, 2.24) is 14.8 Å². The average Bonchev–Trinajstić information content (AvgIpc) is 3.20. The second-order valence-corrected chi connectivity index (χ2v) is 8.16. The second-order valence-electron chi connectivity index (χ2n) is 7.73. The van der Waals surface area contributed by atoms with Crippen molar-refractivity contribution in [2.45, 2.75) is 37.6 Å². The number of pyridine rings is 1. The van der Waals surface area contributed by atoms with Gasteiger partial charge in [0.15, 0.2) is 0 Å². The predicted octanol–water partition coefficient (Wildman–Crippen LogP) is 3.89. The summed E-state index contributed by atoms with van der Waals surface area (Å²) in [6, 6.07) is 12.0. The van der Waals surface area contributed by atoms with Crippen LogP contribution in [0.1, 0.15) is 36.8 Å². The van der Waals surface area contributed by atoms with E-state index in [-0.39, 0.29) is 5.41 Å². The highest BCUT2D eigenvalue weighted by Crippen LogP contribution is 2.43. The van der Waals surface area contributed by atoms with Gasteiger partial charge in [-0.3, -0.25) is 14.7 Å². The Morgan fingerprint density at radius 2 is 1.74 bits per heavy atom. The van der Waals surface area contributed by atoms with E-state index in [2.05, 4.69) is 20.9 Å². The van der Waals surface area contributed by atoms with Crippen molar-refractivity contribution in [3.8, 4) is 0 Å². The van der Waals surface area contributed by atoms with Crippen LogP contribution < -0.4 is 0 Å². The lowest BCUT2D eigenvalue weighted by Crippen LogP contribution is -2.53. The number of nitrogens with zero attached hydrogens (tertiary/aromatic N) is 3. The molecule has 27 heavy (non-hydrogen) atoms. The molecule has 2 fully saturated rings. The Labute approximate surface area is 166 Å². The third-order valence-electron chi connectivity index (χ3n) is 6.05. The minimum absolute atomic E-state index is 0.309. The lowest BCUT2D eigenvalue weighted by atomic mass is 9.77. The number of aromatic nitrogens is 1. The van der Waals surface area contributed by atoms with Crippen LogP contribution in [0.25, 0.3) is 0 Å². The zero-order valence-electron chi connectivity index (χ0n) is 15.6. The molecule has 0 bridgehead atoms. The molecule has 0 unspecified atom stereocenters. The molecule has 1 aliphatic carbocycles. The van der Waals surface area contributed by atoms with Crippen LogP contribution in [0.5, 0.6) is 0 Å². The molecule has 2 aromatic rings. The third-order valence-corrected chi connectivity index (χ3v) is 6.30. The van der Waals surface area contributed by atoms with Crippen molar-refractivity contribution >= 4 is 17.5 Å². The summed E-state index contributed by atoms with van der Waals surface area (Å²) in [6.45, 7) is 4.33. The topological polar surface area (TPSA) is 36.4 Å². The molecule has 1 amide bonds. The summed E-state index contributed by atoms with van der Waals surface area (Å²) in [7, 11) is 0. The van der Waals surface area contributed by atoms with E-state index >= 15 is 0 Å². The zero-order chi connectivity index (χ0) is 18.7. The quantitative estimate of drug-likeness (QED) is 0.803. The smallest absolute Gasteiger partial charge is 0.233 e. The van der Waals surface area contributed by atoms with Crippen molar-refractivity contribution in [2.24, 2.45) is 0 Å². The van der Waals surface area contributed by atoms with Gasteiger partial charge in [0.2, 0.25) is 5.91 Å². The first kappa shape index (κ1) is 18.5. The first-order valence-corrected chi connectivity index (χ1v) is 10.2. The molecule has 2 heterocycles. The maximum absolute atomic E-state index is 13.5. The molecule has 2 aliphatic rings. The Bertz CT molecular complexity index is 764. The van der Waals surface area contributed by atoms with E-state index in [1.807, 2.05) is 36.5 Å². The summed E-state index contributed by atoms with van der Waals surface area (Å²) in [5.74, 6) is 0.309. The molecule has 4 nitrogen and oxygen atoms in total. The number of benzene rings is 1. The van der Waals surface area contributed by atoms with Gasteiger partial charge in [0, 0.05) is 50.1 Å². The number of halogens is 1. The fourth-order valence-corrected chi connectivity index (χ4v) is 4.66. The van der Waals surface area contributed by atoms with Gasteiger partial charge >= 0.3 is 0 Å². The third kappa shape index (κ3) is 3.87. The Balaban J connectivity index is 1.43. The molecule has 4 rings (SSSR count). The summed E-state index contributed by atoms with van der Waals surface area (Å²) < 4.78 is 0. The SMILES string of the molecule is O=C(N1CCN(Cc2cccnc2)CC1)C1(c2ccc(Cl)cc2)CCCC1. The highest BCUT2D eigenvalue weighted by Gasteiger charge is 2.45. The van der Waals surface area contributed by atoms with E-state index in [1.165, 1.54) is 5.56 Å². The number of piperazine rings is 1. The minimum atomic E-state index is -0.351. The van der Waals surface area contributed by atoms with Crippen LogP contribution in [0.3, 0.4) is 0 Å². The van der Waals surface area contributed by atoms with Crippen molar-refractivity contribution in [3.05, 3.63) is 64.9 Å². The lowest BCUT2D eigenvalue weighted by molar-refractivity contribution is -0.139. The molecule has 142 valence electrons. The molecule has 1 saturated heterocycles. The van der Waals surface area contributed by atoms with Gasteiger partial charge in [-0.1, -0.05) is 42.6 Å². The summed E-state index contributed by atoms with van der Waals surface area (Å²) in [6.07, 6.45) is 7.86. The number of carbonyl (C=O) groups excluding carboxylic acids is 1. The van der Waals surface area contributed by atoms with Gasteiger partial charge in [-0.25, -0.2) is 0 Å². The van der Waals surface area contributed by atoms with Crippen molar-refractivity contribution in [3.63, 3.8) is 0 Å². The van der Waals surface area contributed by atoms with Gasteiger partial charge in [-0.2, -0.15) is 0 Å². The molecular weight excluding hydrogens is 358 g/mol. The van der Waals surface area contributed by atoms with Crippen LogP contribution in [0.2, 0.25) is 5.02 Å². The van der Waals surface area contributed by atoms with Gasteiger partial charge in [-0.05, 0) is 42.2 Å². The molecule has 0 spiro atoms. The normalized spacial score (nSPS) is 20.0. The van der Waals surface area contributed by atoms with E-state index in [0.717, 1.165) is 69.0 Å². The molecule has 1 aromatic heterocycles. The number of amides is 1. The molecule has 1 aliphatic heterocycles. The second kappa shape index (κ2) is 7.99. The lowest BCUT2D eigenvalue weighted by Gasteiger charge is -2.40. The Hall–Kier alpha value is -1.91. The molecular formula is C22H26ClN3O. The molecule has 1 saturated carbocycles. The highest BCUT2D eigenvalue weighted by atomic mass is 35.5. The van der Waals surface area contributed by atoms with Crippen LogP contribution in [-0.2, 0) is 16.8 Å². The number of rotatable bonds is 4. The fraction of sp³-hybridized carbons (Fsp3) is 0.455. The largest absolute Gasteiger partial charge is 0.339 e. The zero-order valence-corrected chi connectivity index (χ0v) is 16.4. The molecule has 1 aromatic carbocycles. The first-order valence-electron chi connectivity index (χ1n) is 9.84. The first-order chi connectivity index (χ1) is 13.2. The van der Waals surface area contributed by atoms with E-state index in [4.69, 9.17) is 11.6 Å². The van der Waals surface area contributed by atoms with E-state index in [1.54, 1.807) is 6.20 Å². The van der Waals surface area contributed by atoms with Gasteiger partial charge in [0.25, 0.3) is 0 Å². The fourth-order valence-electron chi connectivity index (χ4n) is 4.54. The van der Waals surface area contributed by atoms with E-state index < -0.39 is 0 Å². The Morgan fingerprint density at radius 1 is 1.04 bits per heavy atom. The standard InChI is InChI=1S/C22H26ClN3O/c23-20-7-5-19(6-8-20)22(9-1-2-10-22)21(27)26-14-12-25(13-15-26)17-18-4-3-11-24-16-18/h3-8,11,16H,1-2,9-10,12-15,17H2. The average molecular weight is 384 g/mol. The van der Waals surface area contributed by atoms with Crippen molar-refractivity contribution < 1.29 is 4.79 Å². The monoisotopic (exact) mass is 383 g/mol. The molecule has 0 atom stereocenters. The van der Waals surface area contributed by atoms with Crippen LogP contribution >= 0.6 is 11.6 Å². The summed E-state index contributed by atoms with van der Waals surface area (Å²) >= 11 is 6.07. The van der Waals surface area contributed by atoms with Gasteiger partial charge in [0.1, 0.15) is 0 Å². The van der Waals surface area contributed by atoms with Crippen LogP contribution in [0.4, 0.5) is 0 Å². The van der Waals surface area contributed by atoms with Crippen molar-refractivity contribution in [1.29, 1.82) is 0 Å². The molecule has 0 radical (unpaired) electrons. The van der Waals surface area contributed by atoms with E-state index in [0.29, 0.717) is 5.91 Å². The highest BCUT2D eigenvalue weighted by molar-refractivity contribution is 6.30. The Morgan fingerprint density at radius 3 is 2.37 bits per heavy atom. The van der Waals surface area contributed by atoms with Gasteiger partial charge in [-0.15, -0.1) is 0 Å². The predicted molar refractivity (Wildman–Crippen MR) is 108 cm³/mol. The number of carbonyl (C=O) groups is 1. The summed E-state index contributed by atoms with van der Waals surface area (Å²) in [5, 5.41) is 0.725. The number of hydrogen-bond acceptors (Lipinski definition) is 3. The van der Waals surface area contributed by atoms with Gasteiger partial charge in [0.05, 0.1) is 5.41 Å². The van der Waals surface area contributed by atoms with Gasteiger partial charge < -0.3 is 4.90 Å².